The van der Waals surface area contributed by atoms with E-state index < -0.39 is 23.3 Å². The first-order valence-corrected chi connectivity index (χ1v) is 7.04. The third-order valence-electron chi connectivity index (χ3n) is 3.01. The fourth-order valence-corrected chi connectivity index (χ4v) is 2.14. The molecule has 1 amide bonds. The number of nitrogens with zero attached hydrogens (tertiary/aromatic N) is 1. The molecule has 2 aromatic carbocycles. The van der Waals surface area contributed by atoms with Crippen LogP contribution in [0.1, 0.15) is 11.1 Å². The Bertz CT molecular complexity index is 838. The summed E-state index contributed by atoms with van der Waals surface area (Å²) in [5, 5.41) is 11.6. The van der Waals surface area contributed by atoms with Crippen molar-refractivity contribution in [3.63, 3.8) is 0 Å². The van der Waals surface area contributed by atoms with Gasteiger partial charge in [-0.15, -0.1) is 0 Å². The van der Waals surface area contributed by atoms with Gasteiger partial charge in [0, 0.05) is 5.02 Å². The van der Waals surface area contributed by atoms with Crippen molar-refractivity contribution in [2.75, 3.05) is 5.32 Å². The van der Waals surface area contributed by atoms with Gasteiger partial charge in [-0.1, -0.05) is 35.9 Å². The van der Waals surface area contributed by atoms with Crippen molar-refractivity contribution in [3.8, 4) is 6.07 Å². The molecule has 0 saturated heterocycles. The van der Waals surface area contributed by atoms with E-state index in [2.05, 4.69) is 5.32 Å². The standard InChI is InChI=1S/C17H10ClF3N2O/c18-13-5-3-4-11(9-13)8-12(10-22)16(24)23-15-7-2-1-6-14(15)17(19,20)21/h1-9H,(H,23,24)/b12-8+. The predicted octanol–water partition coefficient (Wildman–Crippen LogP) is 4.90. The van der Waals surface area contributed by atoms with Crippen LogP contribution in [0, 0.1) is 11.3 Å². The number of hydrogen-bond acceptors (Lipinski definition) is 2. The van der Waals surface area contributed by atoms with Crippen LogP contribution >= 0.6 is 11.6 Å². The Labute approximate surface area is 141 Å². The molecule has 0 heterocycles. The van der Waals surface area contributed by atoms with E-state index in [1.807, 2.05) is 0 Å². The summed E-state index contributed by atoms with van der Waals surface area (Å²) in [7, 11) is 0. The largest absolute Gasteiger partial charge is 0.418 e. The topological polar surface area (TPSA) is 52.9 Å². The van der Waals surface area contributed by atoms with E-state index in [4.69, 9.17) is 16.9 Å². The van der Waals surface area contributed by atoms with Gasteiger partial charge in [-0.05, 0) is 35.9 Å². The minimum absolute atomic E-state index is 0.339. The number of amides is 1. The van der Waals surface area contributed by atoms with Gasteiger partial charge in [-0.3, -0.25) is 4.79 Å². The summed E-state index contributed by atoms with van der Waals surface area (Å²) >= 11 is 5.81. The summed E-state index contributed by atoms with van der Waals surface area (Å²) in [6.45, 7) is 0. The van der Waals surface area contributed by atoms with Crippen molar-refractivity contribution in [2.24, 2.45) is 0 Å². The molecule has 0 fully saturated rings. The Kier molecular flexibility index (Phi) is 5.27. The number of rotatable bonds is 3. The third-order valence-corrected chi connectivity index (χ3v) is 3.24. The monoisotopic (exact) mass is 350 g/mol. The van der Waals surface area contributed by atoms with Crippen molar-refractivity contribution in [1.29, 1.82) is 5.26 Å². The molecule has 0 spiro atoms. The van der Waals surface area contributed by atoms with Crippen LogP contribution in [-0.2, 0) is 11.0 Å². The second-order valence-electron chi connectivity index (χ2n) is 4.72. The lowest BCUT2D eigenvalue weighted by Gasteiger charge is -2.13. The molecule has 1 N–H and O–H groups in total. The number of benzene rings is 2. The van der Waals surface area contributed by atoms with Crippen LogP contribution in [-0.4, -0.2) is 5.91 Å². The molecule has 24 heavy (non-hydrogen) atoms. The minimum Gasteiger partial charge on any atom is -0.321 e. The van der Waals surface area contributed by atoms with Gasteiger partial charge in [-0.25, -0.2) is 0 Å². The highest BCUT2D eigenvalue weighted by molar-refractivity contribution is 6.30. The number of para-hydroxylation sites is 1. The maximum atomic E-state index is 12.9. The number of nitrogens with one attached hydrogen (secondary N) is 1. The van der Waals surface area contributed by atoms with Crippen LogP contribution in [0.25, 0.3) is 6.08 Å². The van der Waals surface area contributed by atoms with E-state index in [9.17, 15) is 18.0 Å². The first kappa shape index (κ1) is 17.6. The van der Waals surface area contributed by atoms with Gasteiger partial charge in [0.2, 0.25) is 0 Å². The molecule has 0 aliphatic heterocycles. The molecule has 0 radical (unpaired) electrons. The average molecular weight is 351 g/mol. The van der Waals surface area contributed by atoms with E-state index in [1.165, 1.54) is 24.3 Å². The molecule has 0 aromatic heterocycles. The molecule has 0 atom stereocenters. The second-order valence-corrected chi connectivity index (χ2v) is 5.16. The molecule has 3 nitrogen and oxygen atoms in total. The number of anilines is 1. The first-order valence-electron chi connectivity index (χ1n) is 6.66. The van der Waals surface area contributed by atoms with Crippen molar-refractivity contribution in [1.82, 2.24) is 0 Å². The smallest absolute Gasteiger partial charge is 0.321 e. The van der Waals surface area contributed by atoms with Gasteiger partial charge < -0.3 is 5.32 Å². The van der Waals surface area contributed by atoms with Gasteiger partial charge in [0.15, 0.2) is 0 Å². The van der Waals surface area contributed by atoms with Crippen LogP contribution in [0.2, 0.25) is 5.02 Å². The summed E-state index contributed by atoms with van der Waals surface area (Å²) in [5.74, 6) is -0.936. The van der Waals surface area contributed by atoms with Gasteiger partial charge in [0.1, 0.15) is 11.6 Å². The van der Waals surface area contributed by atoms with E-state index in [1.54, 1.807) is 24.3 Å². The summed E-state index contributed by atoms with van der Waals surface area (Å²) in [6, 6.07) is 12.6. The number of carbonyl (C=O) groups excluding carboxylic acids is 1. The summed E-state index contributed by atoms with van der Waals surface area (Å²) in [4.78, 5) is 12.1. The molecule has 0 aliphatic carbocycles. The maximum absolute atomic E-state index is 12.9. The molecule has 0 saturated carbocycles. The molecular weight excluding hydrogens is 341 g/mol. The first-order chi connectivity index (χ1) is 11.3. The van der Waals surface area contributed by atoms with Crippen molar-refractivity contribution in [3.05, 3.63) is 70.3 Å². The van der Waals surface area contributed by atoms with Crippen molar-refractivity contribution in [2.45, 2.75) is 6.18 Å². The maximum Gasteiger partial charge on any atom is 0.418 e. The molecule has 0 bridgehead atoms. The molecule has 0 aliphatic rings. The molecule has 2 rings (SSSR count). The second kappa shape index (κ2) is 7.20. The van der Waals surface area contributed by atoms with Gasteiger partial charge in [0.25, 0.3) is 5.91 Å². The van der Waals surface area contributed by atoms with Crippen molar-refractivity contribution >= 4 is 29.3 Å². The van der Waals surface area contributed by atoms with Crippen LogP contribution in [0.4, 0.5) is 18.9 Å². The zero-order chi connectivity index (χ0) is 17.7. The van der Waals surface area contributed by atoms with Crippen LogP contribution in [0.15, 0.2) is 54.1 Å². The zero-order valence-electron chi connectivity index (χ0n) is 12.1. The zero-order valence-corrected chi connectivity index (χ0v) is 12.8. The van der Waals surface area contributed by atoms with E-state index in [-0.39, 0.29) is 5.57 Å². The summed E-state index contributed by atoms with van der Waals surface area (Å²) in [6.07, 6.45) is -3.37. The Hall–Kier alpha value is -2.78. The lowest BCUT2D eigenvalue weighted by molar-refractivity contribution is -0.136. The average Bonchev–Trinajstić information content (AvgIpc) is 2.52. The highest BCUT2D eigenvalue weighted by Gasteiger charge is 2.33. The highest BCUT2D eigenvalue weighted by Crippen LogP contribution is 2.34. The minimum atomic E-state index is -4.62. The van der Waals surface area contributed by atoms with Crippen molar-refractivity contribution < 1.29 is 18.0 Å². The fourth-order valence-electron chi connectivity index (χ4n) is 1.94. The van der Waals surface area contributed by atoms with Crippen LogP contribution in [0.3, 0.4) is 0 Å². The highest BCUT2D eigenvalue weighted by atomic mass is 35.5. The third kappa shape index (κ3) is 4.37. The van der Waals surface area contributed by atoms with Gasteiger partial charge in [0.05, 0.1) is 11.3 Å². The van der Waals surface area contributed by atoms with E-state index in [0.717, 1.165) is 12.1 Å². The predicted molar refractivity (Wildman–Crippen MR) is 85.1 cm³/mol. The van der Waals surface area contributed by atoms with Gasteiger partial charge in [-0.2, -0.15) is 18.4 Å². The van der Waals surface area contributed by atoms with Crippen LogP contribution in [0.5, 0.6) is 0 Å². The Balaban J connectivity index is 2.31. The summed E-state index contributed by atoms with van der Waals surface area (Å²) < 4.78 is 38.8. The number of carbonyl (C=O) groups is 1. The Morgan fingerprint density at radius 2 is 1.88 bits per heavy atom. The summed E-state index contributed by atoms with van der Waals surface area (Å²) in [5.41, 5.74) is -1.26. The quantitative estimate of drug-likeness (QED) is 0.632. The number of nitriles is 1. The Morgan fingerprint density at radius 3 is 2.50 bits per heavy atom. The van der Waals surface area contributed by atoms with E-state index >= 15 is 0 Å². The number of alkyl halides is 3. The van der Waals surface area contributed by atoms with Crippen LogP contribution < -0.4 is 5.32 Å². The van der Waals surface area contributed by atoms with E-state index in [0.29, 0.717) is 10.6 Å². The molecule has 7 heteroatoms. The normalized spacial score (nSPS) is 11.7. The lowest BCUT2D eigenvalue weighted by atomic mass is 10.1. The van der Waals surface area contributed by atoms with Gasteiger partial charge >= 0.3 is 6.18 Å². The fraction of sp³-hybridized carbons (Fsp3) is 0.0588. The molecule has 122 valence electrons. The molecule has 2 aromatic rings. The molecular formula is C17H10ClF3N2O. The Morgan fingerprint density at radius 1 is 1.17 bits per heavy atom. The number of halogens is 4. The molecule has 0 unspecified atom stereocenters. The SMILES string of the molecule is N#C/C(=C\c1cccc(Cl)c1)C(=O)Nc1ccccc1C(F)(F)F. The number of hydrogen-bond donors (Lipinski definition) is 1. The lowest BCUT2D eigenvalue weighted by Crippen LogP contribution is -2.17.